The first kappa shape index (κ1) is 11.9. The van der Waals surface area contributed by atoms with Gasteiger partial charge >= 0.3 is 0 Å². The fourth-order valence-electron chi connectivity index (χ4n) is 1.13. The van der Waals surface area contributed by atoms with E-state index >= 15 is 0 Å². The molecule has 15 heavy (non-hydrogen) atoms. The Morgan fingerprint density at radius 1 is 1.40 bits per heavy atom. The molecule has 1 aliphatic rings. The van der Waals surface area contributed by atoms with Crippen LogP contribution < -0.4 is 0 Å². The summed E-state index contributed by atoms with van der Waals surface area (Å²) < 4.78 is 0. The van der Waals surface area contributed by atoms with Crippen LogP contribution >= 0.6 is 9.24 Å². The van der Waals surface area contributed by atoms with Crippen molar-refractivity contribution in [1.82, 2.24) is 9.97 Å². The minimum Gasteiger partial charge on any atom is -0.291 e. The maximum absolute atomic E-state index is 11.6. The lowest BCUT2D eigenvalue weighted by Crippen LogP contribution is -2.21. The van der Waals surface area contributed by atoms with Gasteiger partial charge in [-0.25, -0.2) is 9.97 Å². The molecule has 4 nitrogen and oxygen atoms in total. The van der Waals surface area contributed by atoms with Gasteiger partial charge in [-0.1, -0.05) is 13.8 Å². The Morgan fingerprint density at radius 2 is 2.07 bits per heavy atom. The van der Waals surface area contributed by atoms with Gasteiger partial charge < -0.3 is 0 Å². The summed E-state index contributed by atoms with van der Waals surface area (Å²) in [6.45, 7) is 5.75. The Labute approximate surface area is 91.4 Å². The number of fused-ring (bicyclic) bond motifs is 1. The molecule has 0 aliphatic carbocycles. The maximum Gasteiger partial charge on any atom is 0.195 e. The van der Waals surface area contributed by atoms with Crippen LogP contribution in [0, 0.1) is 6.92 Å². The number of nitrogens with zero attached hydrogens (tertiary/aromatic N) is 3. The van der Waals surface area contributed by atoms with Gasteiger partial charge in [-0.2, -0.15) is 0 Å². The molecule has 0 aromatic carbocycles. The summed E-state index contributed by atoms with van der Waals surface area (Å²) in [6.07, 6.45) is 3.16. The summed E-state index contributed by atoms with van der Waals surface area (Å²) in [5.74, 6) is 0.585. The van der Waals surface area contributed by atoms with Crippen LogP contribution in [0.15, 0.2) is 11.2 Å². The number of hydrogen-bond donors (Lipinski definition) is 0. The number of rotatable bonds is 0. The second-order valence-electron chi connectivity index (χ2n) is 2.82. The minimum absolute atomic E-state index is 0.0134. The standard InChI is InChI=1S/C8H8N3OP.C2H6/c1-4-9-2-5-7(11-4)8(12)6(13)3-10-5;1-2/h2-3,6H,13H2,1H3;1-2H3. The lowest BCUT2D eigenvalue weighted by molar-refractivity contribution is 0.100. The van der Waals surface area contributed by atoms with Crippen LogP contribution in [0.5, 0.6) is 0 Å². The van der Waals surface area contributed by atoms with Gasteiger partial charge in [-0.05, 0) is 6.92 Å². The molecule has 0 saturated carbocycles. The third-order valence-electron chi connectivity index (χ3n) is 1.80. The smallest absolute Gasteiger partial charge is 0.195 e. The molecule has 0 bridgehead atoms. The molecule has 0 amide bonds. The van der Waals surface area contributed by atoms with E-state index in [1.807, 2.05) is 13.8 Å². The highest BCUT2D eigenvalue weighted by atomic mass is 31.0. The van der Waals surface area contributed by atoms with Gasteiger partial charge in [0.25, 0.3) is 0 Å². The van der Waals surface area contributed by atoms with Crippen molar-refractivity contribution < 1.29 is 4.79 Å². The molecule has 0 saturated heterocycles. The summed E-state index contributed by atoms with van der Waals surface area (Å²) in [4.78, 5) is 23.7. The van der Waals surface area contributed by atoms with E-state index in [0.29, 0.717) is 17.2 Å². The molecule has 0 N–H and O–H groups in total. The van der Waals surface area contributed by atoms with Crippen molar-refractivity contribution in [2.24, 2.45) is 4.99 Å². The van der Waals surface area contributed by atoms with Gasteiger partial charge in [0, 0.05) is 6.21 Å². The van der Waals surface area contributed by atoms with Crippen LogP contribution in [0.3, 0.4) is 0 Å². The Bertz CT molecular complexity index is 404. The summed E-state index contributed by atoms with van der Waals surface area (Å²) in [6, 6.07) is 0. The number of aliphatic imine (C=N–C) groups is 1. The highest BCUT2D eigenvalue weighted by Gasteiger charge is 2.22. The Balaban J connectivity index is 0.000000531. The number of ketones is 1. The molecule has 2 unspecified atom stereocenters. The number of hydrogen-bond acceptors (Lipinski definition) is 4. The number of Topliss-reactive ketones (excluding diaryl/α,β-unsaturated/α-hetero) is 1. The quantitative estimate of drug-likeness (QED) is 0.631. The van der Waals surface area contributed by atoms with E-state index in [2.05, 4.69) is 24.2 Å². The first-order chi connectivity index (χ1) is 7.18. The van der Waals surface area contributed by atoms with Gasteiger partial charge in [0.05, 0.1) is 11.9 Å². The van der Waals surface area contributed by atoms with Crippen LogP contribution in [0.2, 0.25) is 0 Å². The number of aromatic nitrogens is 2. The normalized spacial score (nSPS) is 17.9. The number of aryl methyl sites for hydroxylation is 1. The van der Waals surface area contributed by atoms with Gasteiger partial charge in [0.2, 0.25) is 0 Å². The third-order valence-corrected chi connectivity index (χ3v) is 2.28. The molecule has 1 aromatic rings. The van der Waals surface area contributed by atoms with Crippen LogP contribution in [-0.2, 0) is 0 Å². The SMILES string of the molecule is CC.Cc1ncc2c(n1)C(=O)C(P)C=N2. The van der Waals surface area contributed by atoms with E-state index in [4.69, 9.17) is 0 Å². The van der Waals surface area contributed by atoms with Gasteiger partial charge in [-0.15, -0.1) is 9.24 Å². The minimum atomic E-state index is -0.248. The molecule has 1 aliphatic heterocycles. The molecule has 2 atom stereocenters. The Kier molecular flexibility index (Phi) is 4.04. The topological polar surface area (TPSA) is 55.2 Å². The zero-order chi connectivity index (χ0) is 11.4. The van der Waals surface area contributed by atoms with Crippen LogP contribution in [0.25, 0.3) is 0 Å². The van der Waals surface area contributed by atoms with Gasteiger partial charge in [0.1, 0.15) is 17.2 Å². The molecule has 0 fully saturated rings. The van der Waals surface area contributed by atoms with Gasteiger partial charge in [0.15, 0.2) is 5.78 Å². The van der Waals surface area contributed by atoms with E-state index < -0.39 is 0 Å². The van der Waals surface area contributed by atoms with Crippen molar-refractivity contribution in [2.45, 2.75) is 26.4 Å². The average molecular weight is 223 g/mol. The lowest BCUT2D eigenvalue weighted by atomic mass is 10.1. The van der Waals surface area contributed by atoms with E-state index in [-0.39, 0.29) is 11.4 Å². The molecule has 1 aromatic heterocycles. The largest absolute Gasteiger partial charge is 0.291 e. The summed E-state index contributed by atoms with van der Waals surface area (Å²) in [7, 11) is 2.42. The first-order valence-corrected chi connectivity index (χ1v) is 5.53. The predicted octanol–water partition coefficient (Wildman–Crippen LogP) is 1.95. The fourth-order valence-corrected chi connectivity index (χ4v) is 1.37. The number of carbonyl (C=O) groups is 1. The maximum atomic E-state index is 11.6. The number of carbonyl (C=O) groups excluding carboxylic acids is 1. The van der Waals surface area contributed by atoms with E-state index in [1.165, 1.54) is 0 Å². The van der Waals surface area contributed by atoms with Crippen molar-refractivity contribution >= 4 is 26.9 Å². The van der Waals surface area contributed by atoms with Crippen LogP contribution in [0.4, 0.5) is 5.69 Å². The summed E-state index contributed by atoms with van der Waals surface area (Å²) in [5.41, 5.74) is 0.742. The second-order valence-corrected chi connectivity index (χ2v) is 3.54. The fraction of sp³-hybridized carbons (Fsp3) is 0.400. The van der Waals surface area contributed by atoms with Crippen molar-refractivity contribution in [3.63, 3.8) is 0 Å². The first-order valence-electron chi connectivity index (χ1n) is 4.86. The molecule has 2 rings (SSSR count). The molecule has 80 valence electrons. The predicted molar refractivity (Wildman–Crippen MR) is 64.1 cm³/mol. The Morgan fingerprint density at radius 3 is 2.73 bits per heavy atom. The molecular formula is C10H14N3OP. The average Bonchev–Trinajstić information content (AvgIpc) is 2.27. The highest BCUT2D eigenvalue weighted by molar-refractivity contribution is 7.21. The highest BCUT2D eigenvalue weighted by Crippen LogP contribution is 2.23. The lowest BCUT2D eigenvalue weighted by Gasteiger charge is -2.11. The van der Waals surface area contributed by atoms with E-state index in [1.54, 1.807) is 19.3 Å². The summed E-state index contributed by atoms with van der Waals surface area (Å²) >= 11 is 0. The molecular weight excluding hydrogens is 209 g/mol. The monoisotopic (exact) mass is 223 g/mol. The van der Waals surface area contributed by atoms with Crippen molar-refractivity contribution in [2.75, 3.05) is 0 Å². The van der Waals surface area contributed by atoms with Crippen molar-refractivity contribution in [1.29, 1.82) is 0 Å². The molecule has 0 radical (unpaired) electrons. The zero-order valence-electron chi connectivity index (χ0n) is 9.06. The van der Waals surface area contributed by atoms with Crippen LogP contribution in [-0.4, -0.2) is 27.6 Å². The van der Waals surface area contributed by atoms with Crippen molar-refractivity contribution in [3.05, 3.63) is 17.7 Å². The third kappa shape index (κ3) is 2.45. The molecule has 2 heterocycles. The second kappa shape index (κ2) is 5.08. The van der Waals surface area contributed by atoms with E-state index in [9.17, 15) is 4.79 Å². The summed E-state index contributed by atoms with van der Waals surface area (Å²) in [5, 5.41) is 0. The van der Waals surface area contributed by atoms with Gasteiger partial charge in [-0.3, -0.25) is 9.79 Å². The zero-order valence-corrected chi connectivity index (χ0v) is 10.2. The molecule has 0 spiro atoms. The Hall–Kier alpha value is -1.15. The van der Waals surface area contributed by atoms with Crippen molar-refractivity contribution in [3.8, 4) is 0 Å². The molecule has 5 heteroatoms. The van der Waals surface area contributed by atoms with E-state index in [0.717, 1.165) is 0 Å². The van der Waals surface area contributed by atoms with Crippen LogP contribution in [0.1, 0.15) is 30.2 Å².